The van der Waals surface area contributed by atoms with E-state index in [-0.39, 0.29) is 39.5 Å². The molecule has 2 aromatic carbocycles. The molecule has 206 valence electrons. The number of nitrogens with one attached hydrogen (secondary N) is 2. The largest absolute Gasteiger partial charge is 0.480 e. The number of aryl methyl sites for hydroxylation is 1. The van der Waals surface area contributed by atoms with E-state index in [9.17, 15) is 18.0 Å². The van der Waals surface area contributed by atoms with Gasteiger partial charge in [-0.3, -0.25) is 18.9 Å². The molecule has 0 radical (unpaired) electrons. The molecule has 39 heavy (non-hydrogen) atoms. The Morgan fingerprint density at radius 1 is 1.31 bits per heavy atom. The van der Waals surface area contributed by atoms with E-state index in [0.29, 0.717) is 27.6 Å². The number of amides is 1. The Kier molecular flexibility index (Phi) is 9.31. The molecule has 0 spiro atoms. The zero-order chi connectivity index (χ0) is 28.9. The van der Waals surface area contributed by atoms with Gasteiger partial charge in [-0.25, -0.2) is 18.4 Å². The third kappa shape index (κ3) is 6.55. The molecule has 0 saturated carbocycles. The van der Waals surface area contributed by atoms with E-state index in [2.05, 4.69) is 26.7 Å². The minimum Gasteiger partial charge on any atom is -0.480 e. The summed E-state index contributed by atoms with van der Waals surface area (Å²) in [5.74, 6) is -0.680. The van der Waals surface area contributed by atoms with Crippen molar-refractivity contribution >= 4 is 50.7 Å². The zero-order valence-corrected chi connectivity index (χ0v) is 23.9. The van der Waals surface area contributed by atoms with Gasteiger partial charge in [0.1, 0.15) is 10.6 Å². The first-order valence-electron chi connectivity index (χ1n) is 11.9. The molecule has 10 nitrogen and oxygen atoms in total. The van der Waals surface area contributed by atoms with Crippen molar-refractivity contribution in [1.29, 1.82) is 0 Å². The molecule has 0 aliphatic carbocycles. The smallest absolute Gasteiger partial charge is 0.263 e. The number of carbonyl (C=O) groups is 1. The lowest BCUT2D eigenvalue weighted by Gasteiger charge is -2.14. The van der Waals surface area contributed by atoms with Crippen molar-refractivity contribution in [2.45, 2.75) is 32.2 Å². The Bertz CT molecular complexity index is 1660. The van der Waals surface area contributed by atoms with E-state index in [1.54, 1.807) is 51.1 Å². The fourth-order valence-corrected chi connectivity index (χ4v) is 5.51. The molecule has 1 aromatic heterocycles. The van der Waals surface area contributed by atoms with Crippen LogP contribution >= 0.6 is 11.6 Å². The number of ether oxygens (including phenoxy) is 1. The van der Waals surface area contributed by atoms with Crippen LogP contribution in [0.5, 0.6) is 0 Å². The van der Waals surface area contributed by atoms with Gasteiger partial charge in [-0.15, -0.1) is 0 Å². The van der Waals surface area contributed by atoms with Gasteiger partial charge < -0.3 is 10.1 Å². The van der Waals surface area contributed by atoms with Gasteiger partial charge >= 0.3 is 0 Å². The highest BCUT2D eigenvalue weighted by Crippen LogP contribution is 2.26. The van der Waals surface area contributed by atoms with E-state index in [1.165, 1.54) is 37.2 Å². The van der Waals surface area contributed by atoms with Gasteiger partial charge in [0.05, 0.1) is 35.3 Å². The monoisotopic (exact) mass is 571 g/mol. The van der Waals surface area contributed by atoms with E-state index in [0.717, 1.165) is 0 Å². The third-order valence-corrected chi connectivity index (χ3v) is 8.08. The molecule has 0 aliphatic heterocycles. The second kappa shape index (κ2) is 12.3. The van der Waals surface area contributed by atoms with Crippen LogP contribution in [0, 0.1) is 12.8 Å². The molecule has 3 aromatic rings. The predicted molar refractivity (Wildman–Crippen MR) is 153 cm³/mol. The molecule has 3 rings (SSSR count). The number of methoxy groups -OCH3 is 1. The quantitative estimate of drug-likeness (QED) is 0.217. The molecule has 1 unspecified atom stereocenters. The standard InChI is InChI=1S/C27H30ClN5O5S/c1-16-8-7-9-23(24(16)28)39(36,37)32-22(26(30-5)38-6)12-17(2)19-10-11-21-20(13-19)27(35)33(15-31-21)14-18(3)25(34)29-4/h7-13,15,18,32H,5,14H2,1-4,6H3,(H,29,34)/b17-12+,26-22-. The number of fused-ring (bicyclic) bond motifs is 1. The van der Waals surface area contributed by atoms with Crippen LogP contribution < -0.4 is 15.6 Å². The summed E-state index contributed by atoms with van der Waals surface area (Å²) in [6, 6.07) is 9.81. The van der Waals surface area contributed by atoms with Crippen molar-refractivity contribution in [3.63, 3.8) is 0 Å². The number of allylic oxidation sites excluding steroid dienone is 2. The minimum absolute atomic E-state index is 0.0191. The topological polar surface area (TPSA) is 132 Å². The van der Waals surface area contributed by atoms with Crippen LogP contribution in [0.1, 0.15) is 25.0 Å². The van der Waals surface area contributed by atoms with Crippen LogP contribution in [0.2, 0.25) is 5.02 Å². The summed E-state index contributed by atoms with van der Waals surface area (Å²) < 4.78 is 35.6. The molecule has 0 saturated heterocycles. The summed E-state index contributed by atoms with van der Waals surface area (Å²) >= 11 is 6.27. The zero-order valence-electron chi connectivity index (χ0n) is 22.3. The second-order valence-corrected chi connectivity index (χ2v) is 10.9. The fourth-order valence-electron chi connectivity index (χ4n) is 3.88. The Morgan fingerprint density at radius 2 is 2.03 bits per heavy atom. The Morgan fingerprint density at radius 3 is 2.67 bits per heavy atom. The number of halogens is 1. The van der Waals surface area contributed by atoms with Gasteiger partial charge in [0.25, 0.3) is 15.6 Å². The van der Waals surface area contributed by atoms with Crippen LogP contribution in [-0.2, 0) is 26.1 Å². The Labute approximate surface area is 232 Å². The van der Waals surface area contributed by atoms with Gasteiger partial charge in [-0.2, -0.15) is 0 Å². The van der Waals surface area contributed by atoms with Crippen LogP contribution in [0.3, 0.4) is 0 Å². The summed E-state index contributed by atoms with van der Waals surface area (Å²) in [4.78, 5) is 33.2. The van der Waals surface area contributed by atoms with Crippen LogP contribution in [0.15, 0.2) is 75.1 Å². The maximum atomic E-state index is 13.2. The number of carbonyl (C=O) groups excluding carboxylic acids is 1. The normalized spacial score (nSPS) is 13.4. The van der Waals surface area contributed by atoms with Crippen LogP contribution in [0.4, 0.5) is 0 Å². The van der Waals surface area contributed by atoms with Crippen molar-refractivity contribution in [3.05, 3.63) is 86.9 Å². The van der Waals surface area contributed by atoms with Gasteiger partial charge in [0.2, 0.25) is 11.8 Å². The summed E-state index contributed by atoms with van der Waals surface area (Å²) in [6.07, 6.45) is 2.94. The highest BCUT2D eigenvalue weighted by molar-refractivity contribution is 7.89. The first kappa shape index (κ1) is 29.6. The lowest BCUT2D eigenvalue weighted by atomic mass is 10.0. The van der Waals surface area contributed by atoms with E-state index in [4.69, 9.17) is 16.3 Å². The predicted octanol–water partition coefficient (Wildman–Crippen LogP) is 3.64. The molecule has 0 bridgehead atoms. The van der Waals surface area contributed by atoms with Crippen molar-refractivity contribution in [2.24, 2.45) is 10.9 Å². The van der Waals surface area contributed by atoms with E-state index < -0.39 is 15.9 Å². The number of benzene rings is 2. The number of nitrogens with zero attached hydrogens (tertiary/aromatic N) is 3. The highest BCUT2D eigenvalue weighted by Gasteiger charge is 2.22. The van der Waals surface area contributed by atoms with Crippen molar-refractivity contribution in [2.75, 3.05) is 14.2 Å². The van der Waals surface area contributed by atoms with Crippen molar-refractivity contribution in [3.8, 4) is 0 Å². The van der Waals surface area contributed by atoms with Gasteiger partial charge in [-0.05, 0) is 61.5 Å². The van der Waals surface area contributed by atoms with Crippen LogP contribution in [-0.4, -0.2) is 44.8 Å². The minimum atomic E-state index is -4.12. The summed E-state index contributed by atoms with van der Waals surface area (Å²) in [5, 5.41) is 3.01. The van der Waals surface area contributed by atoms with Gasteiger partial charge in [0.15, 0.2) is 0 Å². The Hall–Kier alpha value is -3.96. The summed E-state index contributed by atoms with van der Waals surface area (Å²) in [5.41, 5.74) is 2.02. The summed E-state index contributed by atoms with van der Waals surface area (Å²) in [6.45, 7) is 8.80. The first-order chi connectivity index (χ1) is 18.4. The molecule has 12 heteroatoms. The highest BCUT2D eigenvalue weighted by atomic mass is 35.5. The molecular formula is C27H30ClN5O5S. The second-order valence-electron chi connectivity index (χ2n) is 8.85. The average Bonchev–Trinajstić information content (AvgIpc) is 2.91. The summed E-state index contributed by atoms with van der Waals surface area (Å²) in [7, 11) is -1.24. The number of aliphatic imine (C=N–C) groups is 1. The number of hydrogen-bond acceptors (Lipinski definition) is 7. The first-order valence-corrected chi connectivity index (χ1v) is 13.7. The van der Waals surface area contributed by atoms with Gasteiger partial charge in [-0.1, -0.05) is 36.7 Å². The maximum absolute atomic E-state index is 13.2. The molecule has 1 amide bonds. The fraction of sp³-hybridized carbons (Fsp3) is 0.259. The van der Waals surface area contributed by atoms with Gasteiger partial charge in [0, 0.05) is 13.6 Å². The van der Waals surface area contributed by atoms with E-state index >= 15 is 0 Å². The third-order valence-electron chi connectivity index (χ3n) is 6.06. The lowest BCUT2D eigenvalue weighted by molar-refractivity contribution is -0.124. The number of sulfonamides is 1. The molecule has 0 aliphatic rings. The maximum Gasteiger partial charge on any atom is 0.263 e. The molecule has 0 fully saturated rings. The molecular weight excluding hydrogens is 542 g/mol. The molecule has 2 N–H and O–H groups in total. The number of rotatable bonds is 10. The van der Waals surface area contributed by atoms with Crippen molar-refractivity contribution in [1.82, 2.24) is 19.6 Å². The van der Waals surface area contributed by atoms with E-state index in [1.807, 2.05) is 0 Å². The lowest BCUT2D eigenvalue weighted by Crippen LogP contribution is -2.32. The number of aromatic nitrogens is 2. The molecule has 1 atom stereocenters. The number of hydrogen-bond donors (Lipinski definition) is 2. The average molecular weight is 572 g/mol. The molecule has 1 heterocycles. The SMILES string of the molecule is C=N/C(OC)=C(\C=C(/C)c1ccc2ncn(CC(C)C(=O)NC)c(=O)c2c1)NS(=O)(=O)c1cccc(C)c1Cl. The Balaban J connectivity index is 2.06. The van der Waals surface area contributed by atoms with Crippen molar-refractivity contribution < 1.29 is 17.9 Å². The van der Waals surface area contributed by atoms with Crippen LogP contribution in [0.25, 0.3) is 16.5 Å².